The van der Waals surface area contributed by atoms with E-state index in [-0.39, 0.29) is 17.4 Å². The van der Waals surface area contributed by atoms with Crippen molar-refractivity contribution >= 4 is 69.6 Å². The summed E-state index contributed by atoms with van der Waals surface area (Å²) >= 11 is 22.5. The fourth-order valence-corrected chi connectivity index (χ4v) is 2.19. The van der Waals surface area contributed by atoms with Gasteiger partial charge >= 0.3 is 6.09 Å². The van der Waals surface area contributed by atoms with Crippen molar-refractivity contribution in [2.24, 2.45) is 0 Å². The van der Waals surface area contributed by atoms with Gasteiger partial charge in [0.15, 0.2) is 11.3 Å². The Morgan fingerprint density at radius 1 is 1.40 bits per heavy atom. The summed E-state index contributed by atoms with van der Waals surface area (Å²) in [5.74, 6) is 0. The molecule has 0 saturated heterocycles. The Balaban J connectivity index is 2.86. The van der Waals surface area contributed by atoms with Crippen LogP contribution in [0.15, 0.2) is 18.2 Å². The molecule has 12 heteroatoms. The van der Waals surface area contributed by atoms with Crippen LogP contribution in [0.3, 0.4) is 0 Å². The van der Waals surface area contributed by atoms with Crippen LogP contribution in [0.4, 0.5) is 16.2 Å². The second-order valence-electron chi connectivity index (χ2n) is 4.69. The molecular weight excluding hydrogens is 415 g/mol. The zero-order valence-corrected chi connectivity index (χ0v) is 16.2. The highest BCUT2D eigenvalue weighted by Crippen LogP contribution is 2.29. The Bertz CT molecular complexity index is 669. The molecule has 0 aromatic heterocycles. The third-order valence-corrected chi connectivity index (χ3v) is 3.70. The molecule has 138 valence electrons. The van der Waals surface area contributed by atoms with Gasteiger partial charge in [0, 0.05) is 17.8 Å². The van der Waals surface area contributed by atoms with E-state index in [0.29, 0.717) is 11.3 Å². The number of carbonyl (C=O) groups is 1. The molecule has 0 aliphatic heterocycles. The monoisotopic (exact) mass is 428 g/mol. The Labute approximate surface area is 164 Å². The number of anilines is 1. The molecule has 3 N–H and O–H groups in total. The van der Waals surface area contributed by atoms with Crippen molar-refractivity contribution in [2.45, 2.75) is 23.8 Å². The number of nitrogens with one attached hydrogen (secondary N) is 3. The molecule has 1 aromatic rings. The number of nitro groups is 1. The minimum Gasteiger partial charge on any atom is -0.450 e. The number of alkyl carbamates (subject to hydrolysis) is 1. The van der Waals surface area contributed by atoms with Crippen molar-refractivity contribution in [3.05, 3.63) is 33.9 Å². The summed E-state index contributed by atoms with van der Waals surface area (Å²) in [4.78, 5) is 21.8. The number of alkyl halides is 3. The highest BCUT2D eigenvalue weighted by molar-refractivity contribution is 7.80. The zero-order chi connectivity index (χ0) is 19.2. The lowest BCUT2D eigenvalue weighted by Gasteiger charge is -2.27. The van der Waals surface area contributed by atoms with Gasteiger partial charge in [0.2, 0.25) is 3.79 Å². The van der Waals surface area contributed by atoms with Gasteiger partial charge < -0.3 is 15.4 Å². The zero-order valence-electron chi connectivity index (χ0n) is 13.1. The number of benzene rings is 1. The molecule has 1 amide bonds. The van der Waals surface area contributed by atoms with Gasteiger partial charge in [0.05, 0.1) is 11.5 Å². The fraction of sp³-hybridized carbons (Fsp3) is 0.385. The van der Waals surface area contributed by atoms with E-state index in [2.05, 4.69) is 16.0 Å². The number of hydrogen-bond acceptors (Lipinski definition) is 5. The third-order valence-electron chi connectivity index (χ3n) is 2.82. The Morgan fingerprint density at radius 3 is 2.56 bits per heavy atom. The van der Waals surface area contributed by atoms with Gasteiger partial charge in [-0.1, -0.05) is 40.9 Å². The standard InChI is InChI=1S/C13H15Cl3N4O4S/c1-3-24-12(21)19-10(13(14,15)16)18-11(25)17-9-6-8(20(22)23)5-4-7(9)2/h4-6,10H,3H2,1-2H3,(H,19,21)(H2,17,18,25). The quantitative estimate of drug-likeness (QED) is 0.216. The van der Waals surface area contributed by atoms with E-state index >= 15 is 0 Å². The topological polar surface area (TPSA) is 106 Å². The Morgan fingerprint density at radius 2 is 2.04 bits per heavy atom. The maximum Gasteiger partial charge on any atom is 0.408 e. The van der Waals surface area contributed by atoms with Crippen LogP contribution in [-0.4, -0.2) is 32.7 Å². The van der Waals surface area contributed by atoms with Gasteiger partial charge in [0.1, 0.15) is 0 Å². The molecular formula is C13H15Cl3N4O4S. The number of rotatable bonds is 5. The summed E-state index contributed by atoms with van der Waals surface area (Å²) in [6.07, 6.45) is -2.00. The molecule has 0 spiro atoms. The first-order valence-corrected chi connectivity index (χ1v) is 8.41. The average Bonchev–Trinajstić information content (AvgIpc) is 2.47. The Kier molecular flexibility index (Phi) is 7.94. The maximum atomic E-state index is 11.5. The number of halogens is 3. The van der Waals surface area contributed by atoms with E-state index in [1.54, 1.807) is 19.9 Å². The summed E-state index contributed by atoms with van der Waals surface area (Å²) in [5.41, 5.74) is 0.989. The van der Waals surface area contributed by atoms with E-state index in [0.717, 1.165) is 0 Å². The van der Waals surface area contributed by atoms with Gasteiger partial charge in [-0.25, -0.2) is 4.79 Å². The largest absolute Gasteiger partial charge is 0.450 e. The van der Waals surface area contributed by atoms with Crippen LogP contribution in [0.1, 0.15) is 12.5 Å². The van der Waals surface area contributed by atoms with Crippen LogP contribution in [-0.2, 0) is 4.74 Å². The van der Waals surface area contributed by atoms with E-state index in [4.69, 9.17) is 51.8 Å². The fourth-order valence-electron chi connectivity index (χ4n) is 1.64. The van der Waals surface area contributed by atoms with Crippen LogP contribution < -0.4 is 16.0 Å². The molecule has 0 fully saturated rings. The number of hydrogen-bond donors (Lipinski definition) is 3. The summed E-state index contributed by atoms with van der Waals surface area (Å²) in [7, 11) is 0. The van der Waals surface area contributed by atoms with E-state index in [1.165, 1.54) is 12.1 Å². The van der Waals surface area contributed by atoms with Crippen molar-refractivity contribution in [1.29, 1.82) is 0 Å². The number of thiocarbonyl (C=S) groups is 1. The molecule has 0 heterocycles. The molecule has 8 nitrogen and oxygen atoms in total. The molecule has 0 radical (unpaired) electrons. The van der Waals surface area contributed by atoms with Gasteiger partial charge in [-0.05, 0) is 31.6 Å². The lowest BCUT2D eigenvalue weighted by atomic mass is 10.2. The second kappa shape index (κ2) is 9.23. The third kappa shape index (κ3) is 7.07. The first-order valence-electron chi connectivity index (χ1n) is 6.87. The van der Waals surface area contributed by atoms with E-state index in [9.17, 15) is 14.9 Å². The first-order chi connectivity index (χ1) is 11.5. The van der Waals surface area contributed by atoms with E-state index in [1.807, 2.05) is 0 Å². The molecule has 1 aromatic carbocycles. The predicted molar refractivity (Wildman–Crippen MR) is 101 cm³/mol. The van der Waals surface area contributed by atoms with Crippen LogP contribution in [0, 0.1) is 17.0 Å². The number of ether oxygens (including phenoxy) is 1. The van der Waals surface area contributed by atoms with Crippen LogP contribution >= 0.6 is 47.0 Å². The van der Waals surface area contributed by atoms with Crippen LogP contribution in [0.5, 0.6) is 0 Å². The minimum absolute atomic E-state index is 0.0169. The average molecular weight is 430 g/mol. The van der Waals surface area contributed by atoms with Crippen molar-refractivity contribution in [3.63, 3.8) is 0 Å². The molecule has 1 rings (SSSR count). The molecule has 0 aliphatic carbocycles. The second-order valence-corrected chi connectivity index (χ2v) is 7.47. The normalized spacial score (nSPS) is 12.0. The van der Waals surface area contributed by atoms with Gasteiger partial charge in [-0.15, -0.1) is 0 Å². The smallest absolute Gasteiger partial charge is 0.408 e. The molecule has 25 heavy (non-hydrogen) atoms. The summed E-state index contributed by atoms with van der Waals surface area (Å²) in [6.45, 7) is 3.49. The number of carbonyl (C=O) groups excluding carboxylic acids is 1. The highest BCUT2D eigenvalue weighted by atomic mass is 35.6. The maximum absolute atomic E-state index is 11.5. The number of amides is 1. The first kappa shape index (κ1) is 21.5. The van der Waals surface area contributed by atoms with E-state index < -0.39 is 21.0 Å². The molecule has 1 atom stereocenters. The predicted octanol–water partition coefficient (Wildman–Crippen LogP) is 3.63. The molecule has 0 saturated carbocycles. The lowest BCUT2D eigenvalue weighted by Crippen LogP contribution is -2.56. The number of nitro benzene ring substituents is 1. The number of aryl methyl sites for hydroxylation is 1. The molecule has 1 unspecified atom stereocenters. The van der Waals surface area contributed by atoms with Crippen LogP contribution in [0.2, 0.25) is 0 Å². The van der Waals surface area contributed by atoms with Crippen LogP contribution in [0.25, 0.3) is 0 Å². The number of non-ortho nitro benzene ring substituents is 1. The van der Waals surface area contributed by atoms with Crippen molar-refractivity contribution < 1.29 is 14.5 Å². The van der Waals surface area contributed by atoms with Crippen molar-refractivity contribution in [3.8, 4) is 0 Å². The van der Waals surface area contributed by atoms with Crippen molar-refractivity contribution in [1.82, 2.24) is 10.6 Å². The highest BCUT2D eigenvalue weighted by Gasteiger charge is 2.35. The number of nitrogens with zero attached hydrogens (tertiary/aromatic N) is 1. The SMILES string of the molecule is CCOC(=O)NC(NC(=S)Nc1cc([N+](=O)[O-])ccc1C)C(Cl)(Cl)Cl. The minimum atomic E-state index is -1.93. The lowest BCUT2D eigenvalue weighted by molar-refractivity contribution is -0.384. The molecule has 0 aliphatic rings. The molecule has 0 bridgehead atoms. The van der Waals surface area contributed by atoms with Crippen molar-refractivity contribution in [2.75, 3.05) is 11.9 Å². The summed E-state index contributed by atoms with van der Waals surface area (Å²) in [6, 6.07) is 4.24. The Hall–Kier alpha value is -1.55. The summed E-state index contributed by atoms with van der Waals surface area (Å²) in [5, 5.41) is 18.5. The van der Waals surface area contributed by atoms with Gasteiger partial charge in [0.25, 0.3) is 5.69 Å². The summed E-state index contributed by atoms with van der Waals surface area (Å²) < 4.78 is 2.79. The van der Waals surface area contributed by atoms with Gasteiger partial charge in [-0.2, -0.15) is 0 Å². The van der Waals surface area contributed by atoms with Gasteiger partial charge in [-0.3, -0.25) is 15.4 Å².